The largest absolute Gasteiger partial charge is 0.273 e. The molecule has 2 heterocycles. The van der Waals surface area contributed by atoms with E-state index < -0.39 is 10.8 Å². The molecule has 0 aliphatic carbocycles. The number of amides is 2. The van der Waals surface area contributed by atoms with E-state index in [-0.39, 0.29) is 30.2 Å². The molecule has 2 aromatic rings. The van der Waals surface area contributed by atoms with Gasteiger partial charge in [-0.25, -0.2) is 10.0 Å². The molecule has 23 heavy (non-hydrogen) atoms. The van der Waals surface area contributed by atoms with Gasteiger partial charge in [0.2, 0.25) is 0 Å². The number of carbonyl (C=O) groups excluding carboxylic acids is 2. The summed E-state index contributed by atoms with van der Waals surface area (Å²) >= 11 is 0. The maximum Gasteiger partial charge on any atom is 0.273 e. The molecule has 0 spiro atoms. The van der Waals surface area contributed by atoms with Gasteiger partial charge in [-0.05, 0) is 23.3 Å². The Bertz CT molecular complexity index is 877. The van der Waals surface area contributed by atoms with Gasteiger partial charge in [-0.15, -0.1) is 0 Å². The van der Waals surface area contributed by atoms with Crippen molar-refractivity contribution in [2.24, 2.45) is 0 Å². The highest BCUT2D eigenvalue weighted by Gasteiger charge is 2.39. The Hall–Kier alpha value is -3.22. The van der Waals surface area contributed by atoms with Crippen LogP contribution in [0.15, 0.2) is 42.5 Å². The van der Waals surface area contributed by atoms with Crippen molar-refractivity contribution in [3.05, 3.63) is 74.8 Å². The minimum atomic E-state index is -0.531. The third kappa shape index (κ3) is 1.90. The van der Waals surface area contributed by atoms with Gasteiger partial charge in [0.25, 0.3) is 17.5 Å². The number of hydrazine groups is 1. The fourth-order valence-corrected chi connectivity index (χ4v) is 3.02. The lowest BCUT2D eigenvalue weighted by Gasteiger charge is -2.42. The number of nitrogens with zero attached hydrogens (tertiary/aromatic N) is 3. The van der Waals surface area contributed by atoms with Crippen molar-refractivity contribution in [3.63, 3.8) is 0 Å². The van der Waals surface area contributed by atoms with E-state index in [0.29, 0.717) is 11.1 Å². The third-order valence-electron chi connectivity index (χ3n) is 4.18. The Labute approximate surface area is 130 Å². The summed E-state index contributed by atoms with van der Waals surface area (Å²) in [5.41, 5.74) is 2.12. The molecule has 114 valence electrons. The Morgan fingerprint density at radius 2 is 1.48 bits per heavy atom. The van der Waals surface area contributed by atoms with E-state index in [0.717, 1.165) is 5.56 Å². The first-order valence-electron chi connectivity index (χ1n) is 7.05. The van der Waals surface area contributed by atoms with Crippen LogP contribution in [0.1, 0.15) is 31.8 Å². The van der Waals surface area contributed by atoms with E-state index in [1.807, 2.05) is 6.07 Å². The zero-order valence-corrected chi connectivity index (χ0v) is 11.9. The average Bonchev–Trinajstić information content (AvgIpc) is 2.56. The highest BCUT2D eigenvalue weighted by Crippen LogP contribution is 2.32. The molecule has 0 fully saturated rings. The normalized spacial score (nSPS) is 15.8. The van der Waals surface area contributed by atoms with Crippen LogP contribution < -0.4 is 0 Å². The molecule has 2 aliphatic rings. The number of nitro groups is 1. The van der Waals surface area contributed by atoms with Crippen LogP contribution in [-0.2, 0) is 13.1 Å². The van der Waals surface area contributed by atoms with Crippen LogP contribution in [0.2, 0.25) is 0 Å². The maximum atomic E-state index is 12.7. The predicted octanol–water partition coefficient (Wildman–Crippen LogP) is 2.12. The smallest absolute Gasteiger partial charge is 0.267 e. The molecule has 0 aromatic heterocycles. The summed E-state index contributed by atoms with van der Waals surface area (Å²) in [5, 5.41) is 13.7. The van der Waals surface area contributed by atoms with Crippen molar-refractivity contribution in [2.75, 3.05) is 0 Å². The molecule has 0 radical (unpaired) electrons. The van der Waals surface area contributed by atoms with Crippen molar-refractivity contribution in [1.82, 2.24) is 10.0 Å². The molecular weight excluding hydrogens is 298 g/mol. The zero-order valence-electron chi connectivity index (χ0n) is 11.9. The molecule has 0 unspecified atom stereocenters. The molecule has 7 nitrogen and oxygen atoms in total. The van der Waals surface area contributed by atoms with E-state index in [4.69, 9.17) is 0 Å². The predicted molar refractivity (Wildman–Crippen MR) is 79.3 cm³/mol. The fraction of sp³-hybridized carbons (Fsp3) is 0.125. The number of nitro benzene ring substituents is 1. The van der Waals surface area contributed by atoms with Crippen molar-refractivity contribution < 1.29 is 14.5 Å². The first kappa shape index (κ1) is 13.4. The summed E-state index contributed by atoms with van der Waals surface area (Å²) in [4.78, 5) is 35.7. The van der Waals surface area contributed by atoms with E-state index in [2.05, 4.69) is 0 Å². The SMILES string of the molecule is O=C1c2ccccc2CN2C(=O)c3cc([N+](=O)[O-])ccc3CN12. The molecule has 2 aliphatic heterocycles. The van der Waals surface area contributed by atoms with Crippen LogP contribution >= 0.6 is 0 Å². The van der Waals surface area contributed by atoms with Gasteiger partial charge in [0, 0.05) is 17.7 Å². The lowest BCUT2D eigenvalue weighted by atomic mass is 9.98. The fourth-order valence-electron chi connectivity index (χ4n) is 3.02. The van der Waals surface area contributed by atoms with Gasteiger partial charge >= 0.3 is 0 Å². The lowest BCUT2D eigenvalue weighted by Crippen LogP contribution is -2.54. The van der Waals surface area contributed by atoms with Gasteiger partial charge in [-0.2, -0.15) is 0 Å². The van der Waals surface area contributed by atoms with Crippen LogP contribution in [0.5, 0.6) is 0 Å². The Morgan fingerprint density at radius 3 is 2.17 bits per heavy atom. The van der Waals surface area contributed by atoms with E-state index >= 15 is 0 Å². The molecule has 4 rings (SSSR count). The lowest BCUT2D eigenvalue weighted by molar-refractivity contribution is -0.384. The van der Waals surface area contributed by atoms with Crippen molar-refractivity contribution in [1.29, 1.82) is 0 Å². The first-order chi connectivity index (χ1) is 11.1. The third-order valence-corrected chi connectivity index (χ3v) is 4.18. The Balaban J connectivity index is 1.80. The molecule has 0 N–H and O–H groups in total. The summed E-state index contributed by atoms with van der Waals surface area (Å²) in [6.07, 6.45) is 0. The molecular formula is C16H11N3O4. The summed E-state index contributed by atoms with van der Waals surface area (Å²) in [5.74, 6) is -0.623. The molecule has 0 saturated carbocycles. The zero-order chi connectivity index (χ0) is 16.1. The molecule has 0 bridgehead atoms. The number of carbonyl (C=O) groups is 2. The number of hydrogen-bond donors (Lipinski definition) is 0. The van der Waals surface area contributed by atoms with Crippen molar-refractivity contribution in [3.8, 4) is 0 Å². The Kier molecular flexibility index (Phi) is 2.71. The van der Waals surface area contributed by atoms with Gasteiger partial charge in [-0.1, -0.05) is 18.2 Å². The van der Waals surface area contributed by atoms with Crippen molar-refractivity contribution in [2.45, 2.75) is 13.1 Å². The quantitative estimate of drug-likeness (QED) is 0.596. The van der Waals surface area contributed by atoms with Crippen LogP contribution in [0, 0.1) is 10.1 Å². The molecule has 2 amide bonds. The molecule has 0 saturated heterocycles. The monoisotopic (exact) mass is 309 g/mol. The van der Waals surface area contributed by atoms with Crippen LogP contribution in [0.3, 0.4) is 0 Å². The maximum absolute atomic E-state index is 12.7. The second-order valence-electron chi connectivity index (χ2n) is 5.48. The van der Waals surface area contributed by atoms with Crippen LogP contribution in [0.25, 0.3) is 0 Å². The summed E-state index contributed by atoms with van der Waals surface area (Å²) in [6.45, 7) is 0.509. The van der Waals surface area contributed by atoms with E-state index in [1.54, 1.807) is 18.2 Å². The number of non-ortho nitro benzene ring substituents is 1. The topological polar surface area (TPSA) is 83.8 Å². The van der Waals surface area contributed by atoms with Gasteiger partial charge in [0.05, 0.1) is 23.6 Å². The second kappa shape index (κ2) is 4.64. The molecule has 2 aromatic carbocycles. The number of benzene rings is 2. The number of hydrogen-bond acceptors (Lipinski definition) is 4. The summed E-state index contributed by atoms with van der Waals surface area (Å²) < 4.78 is 0. The van der Waals surface area contributed by atoms with Gasteiger partial charge < -0.3 is 0 Å². The van der Waals surface area contributed by atoms with Gasteiger partial charge in [-0.3, -0.25) is 19.7 Å². The van der Waals surface area contributed by atoms with Gasteiger partial charge in [0.1, 0.15) is 0 Å². The van der Waals surface area contributed by atoms with Gasteiger partial charge in [0.15, 0.2) is 0 Å². The molecule has 0 atom stereocenters. The standard InChI is InChI=1S/C16H11N3O4/c20-15-13-4-2-1-3-10(13)8-18-16(21)14-7-12(19(22)23)6-5-11(14)9-17(15)18/h1-7H,8-9H2. The molecule has 7 heteroatoms. The first-order valence-corrected chi connectivity index (χ1v) is 7.05. The highest BCUT2D eigenvalue weighted by atomic mass is 16.6. The van der Waals surface area contributed by atoms with E-state index in [9.17, 15) is 19.7 Å². The minimum absolute atomic E-state index is 0.130. The minimum Gasteiger partial charge on any atom is -0.267 e. The van der Waals surface area contributed by atoms with E-state index in [1.165, 1.54) is 28.2 Å². The summed E-state index contributed by atoms with van der Waals surface area (Å²) in [7, 11) is 0. The van der Waals surface area contributed by atoms with Crippen molar-refractivity contribution >= 4 is 17.5 Å². The second-order valence-corrected chi connectivity index (χ2v) is 5.48. The highest BCUT2D eigenvalue weighted by molar-refractivity contribution is 6.03. The average molecular weight is 309 g/mol. The van der Waals surface area contributed by atoms with Crippen LogP contribution in [0.4, 0.5) is 5.69 Å². The number of rotatable bonds is 1. The van der Waals surface area contributed by atoms with Crippen LogP contribution in [-0.4, -0.2) is 26.8 Å². The number of fused-ring (bicyclic) bond motifs is 3. The Morgan fingerprint density at radius 1 is 0.870 bits per heavy atom. The summed E-state index contributed by atoms with van der Waals surface area (Å²) in [6, 6.07) is 11.3.